The summed E-state index contributed by atoms with van der Waals surface area (Å²) in [6.45, 7) is 3.05. The van der Waals surface area contributed by atoms with Gasteiger partial charge in [0.05, 0.1) is 10.5 Å². The second kappa shape index (κ2) is 6.04. The summed E-state index contributed by atoms with van der Waals surface area (Å²) in [6, 6.07) is 3.91. The second-order valence-corrected chi connectivity index (χ2v) is 6.55. The highest BCUT2D eigenvalue weighted by Crippen LogP contribution is 2.21. The summed E-state index contributed by atoms with van der Waals surface area (Å²) in [4.78, 5) is 22.4. The number of aryl methyl sites for hydroxylation is 1. The van der Waals surface area contributed by atoms with E-state index in [1.54, 1.807) is 6.92 Å². The Morgan fingerprint density at radius 1 is 1.35 bits per heavy atom. The van der Waals surface area contributed by atoms with Crippen LogP contribution in [0, 0.1) is 0 Å². The predicted molar refractivity (Wildman–Crippen MR) is 73.5 cm³/mol. The number of hydrogen-bond donors (Lipinski definition) is 2. The molecule has 6 nitrogen and oxygen atoms in total. The number of carboxylic acids is 1. The minimum Gasteiger partial charge on any atom is -0.478 e. The van der Waals surface area contributed by atoms with Crippen LogP contribution < -0.4 is 5.32 Å². The molecule has 1 rings (SSSR count). The molecule has 0 aliphatic rings. The second-order valence-electron chi connectivity index (χ2n) is 4.28. The quantitative estimate of drug-likeness (QED) is 0.839. The first-order valence-corrected chi connectivity index (χ1v) is 7.62. The first kappa shape index (κ1) is 16.2. The number of sulfone groups is 1. The van der Waals surface area contributed by atoms with Crippen molar-refractivity contribution in [1.82, 2.24) is 5.32 Å². The van der Waals surface area contributed by atoms with Crippen molar-refractivity contribution >= 4 is 21.7 Å². The van der Waals surface area contributed by atoms with E-state index in [-0.39, 0.29) is 10.5 Å². The molecule has 0 aromatic heterocycles. The van der Waals surface area contributed by atoms with Crippen molar-refractivity contribution in [2.45, 2.75) is 30.4 Å². The normalized spacial score (nSPS) is 12.8. The zero-order valence-electron chi connectivity index (χ0n) is 11.5. The third kappa shape index (κ3) is 2.98. The molecule has 1 amide bonds. The number of rotatable bonds is 5. The van der Waals surface area contributed by atoms with Crippen LogP contribution >= 0.6 is 0 Å². The minimum atomic E-state index is -3.91. The van der Waals surface area contributed by atoms with E-state index in [0.717, 1.165) is 6.07 Å². The maximum Gasteiger partial charge on any atom is 0.336 e. The summed E-state index contributed by atoms with van der Waals surface area (Å²) >= 11 is 0. The fourth-order valence-electron chi connectivity index (χ4n) is 1.79. The molecule has 0 bridgehead atoms. The van der Waals surface area contributed by atoms with Crippen molar-refractivity contribution in [2.75, 3.05) is 7.05 Å². The standard InChI is InChI=1S/C13H17NO5S/c1-4-9-5-6-10(7-11(9)13(16)17)20(18,19)8(2)12(15)14-3/h5-8H,4H2,1-3H3,(H,14,15)(H,16,17). The fourth-order valence-corrected chi connectivity index (χ4v) is 3.14. The lowest BCUT2D eigenvalue weighted by Gasteiger charge is -2.13. The molecule has 110 valence electrons. The molecule has 0 spiro atoms. The van der Waals surface area contributed by atoms with Gasteiger partial charge in [0.15, 0.2) is 9.84 Å². The van der Waals surface area contributed by atoms with E-state index >= 15 is 0 Å². The molecule has 0 fully saturated rings. The first-order chi connectivity index (χ1) is 9.25. The lowest BCUT2D eigenvalue weighted by atomic mass is 10.1. The van der Waals surface area contributed by atoms with Gasteiger partial charge in [-0.15, -0.1) is 0 Å². The van der Waals surface area contributed by atoms with Crippen LogP contribution in [0.15, 0.2) is 23.1 Å². The SMILES string of the molecule is CCc1ccc(S(=O)(=O)C(C)C(=O)NC)cc1C(=O)O. The van der Waals surface area contributed by atoms with Gasteiger partial charge < -0.3 is 10.4 Å². The number of carbonyl (C=O) groups excluding carboxylic acids is 1. The Bertz CT molecular complexity index is 636. The third-order valence-corrected chi connectivity index (χ3v) is 5.16. The molecule has 20 heavy (non-hydrogen) atoms. The largest absolute Gasteiger partial charge is 0.478 e. The summed E-state index contributed by atoms with van der Waals surface area (Å²) in [7, 11) is -2.56. The van der Waals surface area contributed by atoms with E-state index in [9.17, 15) is 18.0 Å². The lowest BCUT2D eigenvalue weighted by molar-refractivity contribution is -0.119. The molecule has 0 aliphatic heterocycles. The van der Waals surface area contributed by atoms with Crippen LogP contribution in [0.1, 0.15) is 29.8 Å². The van der Waals surface area contributed by atoms with Gasteiger partial charge in [0.2, 0.25) is 5.91 Å². The maximum absolute atomic E-state index is 12.3. The number of hydrogen-bond acceptors (Lipinski definition) is 4. The van der Waals surface area contributed by atoms with E-state index in [1.807, 2.05) is 0 Å². The molecule has 0 saturated carbocycles. The van der Waals surface area contributed by atoms with Gasteiger partial charge >= 0.3 is 5.97 Å². The maximum atomic E-state index is 12.3. The molecule has 1 aromatic rings. The average molecular weight is 299 g/mol. The number of benzene rings is 1. The molecule has 2 N–H and O–H groups in total. The van der Waals surface area contributed by atoms with Gasteiger partial charge in [0, 0.05) is 7.05 Å². The van der Waals surface area contributed by atoms with Crippen molar-refractivity contribution in [1.29, 1.82) is 0 Å². The minimum absolute atomic E-state index is 0.0577. The van der Waals surface area contributed by atoms with E-state index in [1.165, 1.54) is 26.1 Å². The molecule has 0 saturated heterocycles. The summed E-state index contributed by atoms with van der Waals surface area (Å²) in [5, 5.41) is 10.1. The summed E-state index contributed by atoms with van der Waals surface area (Å²) in [6.07, 6.45) is 0.479. The Labute approximate surface area is 117 Å². The molecule has 1 aromatic carbocycles. The van der Waals surface area contributed by atoms with Crippen molar-refractivity contribution in [3.8, 4) is 0 Å². The van der Waals surface area contributed by atoms with Crippen LogP contribution in [-0.4, -0.2) is 37.7 Å². The molecule has 0 aliphatic carbocycles. The third-order valence-electron chi connectivity index (χ3n) is 3.10. The van der Waals surface area contributed by atoms with Gasteiger partial charge in [-0.3, -0.25) is 4.79 Å². The van der Waals surface area contributed by atoms with Crippen molar-refractivity contribution in [3.63, 3.8) is 0 Å². The fraction of sp³-hybridized carbons (Fsp3) is 0.385. The van der Waals surface area contributed by atoms with Gasteiger partial charge in [0.1, 0.15) is 5.25 Å². The molecule has 0 radical (unpaired) electrons. The van der Waals surface area contributed by atoms with Crippen LogP contribution in [0.5, 0.6) is 0 Å². The zero-order chi connectivity index (χ0) is 15.5. The molecule has 1 unspecified atom stereocenters. The molecule has 1 atom stereocenters. The van der Waals surface area contributed by atoms with Gasteiger partial charge in [-0.2, -0.15) is 0 Å². The van der Waals surface area contributed by atoms with Crippen LogP contribution in [0.25, 0.3) is 0 Å². The molecular weight excluding hydrogens is 282 g/mol. The topological polar surface area (TPSA) is 101 Å². The monoisotopic (exact) mass is 299 g/mol. The van der Waals surface area contributed by atoms with Gasteiger partial charge in [-0.1, -0.05) is 13.0 Å². The molecular formula is C13H17NO5S. The predicted octanol–water partition coefficient (Wildman–Crippen LogP) is 0.855. The summed E-state index contributed by atoms with van der Waals surface area (Å²) in [5.74, 6) is -1.83. The Morgan fingerprint density at radius 2 is 1.95 bits per heavy atom. The number of aromatic carboxylic acids is 1. The highest BCUT2D eigenvalue weighted by atomic mass is 32.2. The van der Waals surface area contributed by atoms with E-state index in [0.29, 0.717) is 12.0 Å². The Balaban J connectivity index is 3.37. The molecule has 7 heteroatoms. The van der Waals surface area contributed by atoms with Crippen LogP contribution in [0.2, 0.25) is 0 Å². The molecule has 0 heterocycles. The van der Waals surface area contributed by atoms with Crippen molar-refractivity contribution < 1.29 is 23.1 Å². The van der Waals surface area contributed by atoms with Crippen molar-refractivity contribution in [3.05, 3.63) is 29.3 Å². The van der Waals surface area contributed by atoms with Gasteiger partial charge in [0.25, 0.3) is 0 Å². The zero-order valence-corrected chi connectivity index (χ0v) is 12.3. The number of amides is 1. The number of carbonyl (C=O) groups is 2. The summed E-state index contributed by atoms with van der Waals surface area (Å²) < 4.78 is 24.5. The first-order valence-electron chi connectivity index (χ1n) is 6.07. The van der Waals surface area contributed by atoms with Gasteiger partial charge in [-0.05, 0) is 31.0 Å². The highest BCUT2D eigenvalue weighted by Gasteiger charge is 2.30. The Morgan fingerprint density at radius 3 is 2.40 bits per heavy atom. The lowest BCUT2D eigenvalue weighted by Crippen LogP contribution is -2.35. The van der Waals surface area contributed by atoms with Crippen LogP contribution in [0.4, 0.5) is 0 Å². The van der Waals surface area contributed by atoms with E-state index < -0.39 is 27.0 Å². The number of nitrogens with one attached hydrogen (secondary N) is 1. The summed E-state index contributed by atoms with van der Waals surface area (Å²) in [5.41, 5.74) is 0.488. The van der Waals surface area contributed by atoms with Crippen molar-refractivity contribution in [2.24, 2.45) is 0 Å². The Hall–Kier alpha value is -1.89. The van der Waals surface area contributed by atoms with E-state index in [2.05, 4.69) is 5.32 Å². The highest BCUT2D eigenvalue weighted by molar-refractivity contribution is 7.92. The van der Waals surface area contributed by atoms with E-state index in [4.69, 9.17) is 5.11 Å². The van der Waals surface area contributed by atoms with Gasteiger partial charge in [-0.25, -0.2) is 13.2 Å². The van der Waals surface area contributed by atoms with Crippen LogP contribution in [0.3, 0.4) is 0 Å². The average Bonchev–Trinajstić information content (AvgIpc) is 2.44. The number of carboxylic acid groups (broad SMARTS) is 1. The smallest absolute Gasteiger partial charge is 0.336 e. The van der Waals surface area contributed by atoms with Crippen LogP contribution in [-0.2, 0) is 21.1 Å². The Kier molecular flexibility index (Phi) is 4.88.